The van der Waals surface area contributed by atoms with Crippen LogP contribution in [0.3, 0.4) is 0 Å². The molecule has 3 rings (SSSR count). The highest BCUT2D eigenvalue weighted by Gasteiger charge is 2.07. The number of halogens is 1. The number of aromatic nitrogens is 1. The molecule has 0 aliphatic carbocycles. The Labute approximate surface area is 163 Å². The van der Waals surface area contributed by atoms with Gasteiger partial charge in [-0.2, -0.15) is 0 Å². The highest BCUT2D eigenvalue weighted by molar-refractivity contribution is 6.30. The molecule has 2 aromatic carbocycles. The Morgan fingerprint density at radius 3 is 2.52 bits per heavy atom. The van der Waals surface area contributed by atoms with E-state index in [1.54, 1.807) is 49.7 Å². The van der Waals surface area contributed by atoms with E-state index in [9.17, 15) is 4.79 Å². The average Bonchev–Trinajstić information content (AvgIpc) is 2.70. The van der Waals surface area contributed by atoms with Crippen LogP contribution in [0.4, 0.5) is 11.5 Å². The molecule has 0 fully saturated rings. The number of rotatable bonds is 7. The van der Waals surface area contributed by atoms with Crippen molar-refractivity contribution in [1.82, 2.24) is 4.98 Å². The number of amides is 1. The fourth-order valence-electron chi connectivity index (χ4n) is 2.53. The number of benzene rings is 2. The molecule has 0 saturated carbocycles. The van der Waals surface area contributed by atoms with Crippen molar-refractivity contribution in [2.75, 3.05) is 24.3 Å². The van der Waals surface area contributed by atoms with E-state index >= 15 is 0 Å². The fourth-order valence-corrected chi connectivity index (χ4v) is 2.66. The van der Waals surface area contributed by atoms with Crippen molar-refractivity contribution in [3.8, 4) is 5.75 Å². The van der Waals surface area contributed by atoms with Crippen LogP contribution < -0.4 is 15.4 Å². The Hall–Kier alpha value is -3.05. The minimum absolute atomic E-state index is 0.196. The van der Waals surface area contributed by atoms with Crippen molar-refractivity contribution in [1.29, 1.82) is 0 Å². The van der Waals surface area contributed by atoms with Gasteiger partial charge in [-0.05, 0) is 60.5 Å². The molecule has 1 heterocycles. The number of nitrogens with one attached hydrogen (secondary N) is 2. The summed E-state index contributed by atoms with van der Waals surface area (Å²) < 4.78 is 5.16. The SMILES string of the molecule is COc1ccc(CCNc2cc(C(=O)Nc3ccc(Cl)cc3)ccn2)cc1. The van der Waals surface area contributed by atoms with Gasteiger partial charge in [-0.1, -0.05) is 23.7 Å². The maximum atomic E-state index is 12.4. The molecule has 0 radical (unpaired) electrons. The second-order valence-electron chi connectivity index (χ2n) is 5.92. The van der Waals surface area contributed by atoms with E-state index in [0.29, 0.717) is 28.6 Å². The molecule has 138 valence electrons. The minimum Gasteiger partial charge on any atom is -0.497 e. The molecule has 0 aliphatic rings. The molecule has 0 saturated heterocycles. The van der Waals surface area contributed by atoms with Crippen molar-refractivity contribution < 1.29 is 9.53 Å². The van der Waals surface area contributed by atoms with Gasteiger partial charge in [0.25, 0.3) is 5.91 Å². The predicted octanol–water partition coefficient (Wildman–Crippen LogP) is 4.65. The lowest BCUT2D eigenvalue weighted by Crippen LogP contribution is -2.13. The van der Waals surface area contributed by atoms with E-state index in [-0.39, 0.29) is 5.91 Å². The monoisotopic (exact) mass is 381 g/mol. The lowest BCUT2D eigenvalue weighted by molar-refractivity contribution is 0.102. The van der Waals surface area contributed by atoms with Gasteiger partial charge in [0.05, 0.1) is 7.11 Å². The lowest BCUT2D eigenvalue weighted by atomic mass is 10.1. The van der Waals surface area contributed by atoms with E-state index in [2.05, 4.69) is 15.6 Å². The second-order valence-corrected chi connectivity index (χ2v) is 6.35. The maximum absolute atomic E-state index is 12.4. The number of hydrogen-bond donors (Lipinski definition) is 2. The molecule has 0 bridgehead atoms. The molecule has 1 amide bonds. The summed E-state index contributed by atoms with van der Waals surface area (Å²) >= 11 is 5.86. The Morgan fingerprint density at radius 1 is 1.07 bits per heavy atom. The van der Waals surface area contributed by atoms with Crippen LogP contribution in [0.15, 0.2) is 66.9 Å². The van der Waals surface area contributed by atoms with Crippen molar-refractivity contribution >= 4 is 29.0 Å². The Bertz CT molecular complexity index is 896. The van der Waals surface area contributed by atoms with Crippen LogP contribution in [0, 0.1) is 0 Å². The largest absolute Gasteiger partial charge is 0.497 e. The molecule has 2 N–H and O–H groups in total. The number of nitrogens with zero attached hydrogens (tertiary/aromatic N) is 1. The van der Waals surface area contributed by atoms with Crippen molar-refractivity contribution in [3.63, 3.8) is 0 Å². The van der Waals surface area contributed by atoms with Crippen molar-refractivity contribution in [3.05, 3.63) is 83.0 Å². The summed E-state index contributed by atoms with van der Waals surface area (Å²) in [7, 11) is 1.65. The van der Waals surface area contributed by atoms with Gasteiger partial charge in [0.1, 0.15) is 11.6 Å². The summed E-state index contributed by atoms with van der Waals surface area (Å²) in [6.07, 6.45) is 2.46. The van der Waals surface area contributed by atoms with E-state index in [4.69, 9.17) is 16.3 Å². The Balaban J connectivity index is 1.56. The van der Waals surface area contributed by atoms with Gasteiger partial charge in [-0.3, -0.25) is 4.79 Å². The molecule has 3 aromatic rings. The third-order valence-electron chi connectivity index (χ3n) is 4.00. The second kappa shape index (κ2) is 9.05. The molecule has 0 aliphatic heterocycles. The molecular weight excluding hydrogens is 362 g/mol. The molecule has 1 aromatic heterocycles. The Kier molecular flexibility index (Phi) is 6.28. The van der Waals surface area contributed by atoms with Gasteiger partial charge in [0, 0.05) is 29.0 Å². The van der Waals surface area contributed by atoms with Crippen molar-refractivity contribution in [2.45, 2.75) is 6.42 Å². The standard InChI is InChI=1S/C21H20ClN3O2/c1-27-19-8-2-15(3-9-19)10-12-23-20-14-16(11-13-24-20)21(26)25-18-6-4-17(22)5-7-18/h2-9,11,13-14H,10,12H2,1H3,(H,23,24)(H,25,26). The normalized spacial score (nSPS) is 10.3. The van der Waals surface area contributed by atoms with Crippen LogP contribution in [0.5, 0.6) is 5.75 Å². The molecule has 0 spiro atoms. The third-order valence-corrected chi connectivity index (χ3v) is 4.26. The summed E-state index contributed by atoms with van der Waals surface area (Å²) in [6.45, 7) is 0.710. The lowest BCUT2D eigenvalue weighted by Gasteiger charge is -2.09. The predicted molar refractivity (Wildman–Crippen MR) is 109 cm³/mol. The maximum Gasteiger partial charge on any atom is 0.255 e. The summed E-state index contributed by atoms with van der Waals surface area (Å²) in [4.78, 5) is 16.7. The van der Waals surface area contributed by atoms with Gasteiger partial charge in [0.15, 0.2) is 0 Å². The fraction of sp³-hybridized carbons (Fsp3) is 0.143. The van der Waals surface area contributed by atoms with E-state index < -0.39 is 0 Å². The van der Waals surface area contributed by atoms with Gasteiger partial charge in [-0.25, -0.2) is 4.98 Å². The number of ether oxygens (including phenoxy) is 1. The van der Waals surface area contributed by atoms with E-state index in [1.165, 1.54) is 5.56 Å². The molecule has 0 atom stereocenters. The molecule has 0 unspecified atom stereocenters. The van der Waals surface area contributed by atoms with Crippen LogP contribution in [-0.2, 0) is 6.42 Å². The summed E-state index contributed by atoms with van der Waals surface area (Å²) in [5, 5.41) is 6.71. The number of pyridine rings is 1. The third kappa shape index (κ3) is 5.46. The quantitative estimate of drug-likeness (QED) is 0.625. The first-order valence-corrected chi connectivity index (χ1v) is 8.91. The summed E-state index contributed by atoms with van der Waals surface area (Å²) in [5.41, 5.74) is 2.42. The zero-order valence-corrected chi connectivity index (χ0v) is 15.7. The first-order valence-electron chi connectivity index (χ1n) is 8.54. The van der Waals surface area contributed by atoms with Crippen LogP contribution in [0.1, 0.15) is 15.9 Å². The topological polar surface area (TPSA) is 63.2 Å². The average molecular weight is 382 g/mol. The first kappa shape index (κ1) is 18.7. The van der Waals surface area contributed by atoms with Crippen LogP contribution >= 0.6 is 11.6 Å². The van der Waals surface area contributed by atoms with E-state index in [1.807, 2.05) is 24.3 Å². The Morgan fingerprint density at radius 2 is 1.81 bits per heavy atom. The van der Waals surface area contributed by atoms with Gasteiger partial charge >= 0.3 is 0 Å². The number of methoxy groups -OCH3 is 1. The number of carbonyl (C=O) groups is 1. The summed E-state index contributed by atoms with van der Waals surface area (Å²) in [6, 6.07) is 18.3. The summed E-state index contributed by atoms with van der Waals surface area (Å²) in [5.74, 6) is 1.30. The van der Waals surface area contributed by atoms with Crippen LogP contribution in [0.25, 0.3) is 0 Å². The van der Waals surface area contributed by atoms with Crippen molar-refractivity contribution in [2.24, 2.45) is 0 Å². The smallest absolute Gasteiger partial charge is 0.255 e. The molecule has 27 heavy (non-hydrogen) atoms. The van der Waals surface area contributed by atoms with Gasteiger partial charge < -0.3 is 15.4 Å². The van der Waals surface area contributed by atoms with Crippen LogP contribution in [0.2, 0.25) is 5.02 Å². The molecule has 5 nitrogen and oxygen atoms in total. The zero-order valence-electron chi connectivity index (χ0n) is 14.9. The van der Waals surface area contributed by atoms with Gasteiger partial charge in [0.2, 0.25) is 0 Å². The highest BCUT2D eigenvalue weighted by atomic mass is 35.5. The van der Waals surface area contributed by atoms with Gasteiger partial charge in [-0.15, -0.1) is 0 Å². The first-order chi connectivity index (χ1) is 13.1. The van der Waals surface area contributed by atoms with Crippen LogP contribution in [-0.4, -0.2) is 24.5 Å². The number of anilines is 2. The highest BCUT2D eigenvalue weighted by Crippen LogP contribution is 2.16. The molecule has 6 heteroatoms. The minimum atomic E-state index is -0.196. The molecular formula is C21H20ClN3O2. The number of hydrogen-bond acceptors (Lipinski definition) is 4. The van der Waals surface area contributed by atoms with E-state index in [0.717, 1.165) is 12.2 Å². The number of carbonyl (C=O) groups excluding carboxylic acids is 1. The zero-order chi connectivity index (χ0) is 19.1.